The van der Waals surface area contributed by atoms with Crippen molar-refractivity contribution in [3.05, 3.63) is 23.7 Å². The molecule has 2 nitrogen and oxygen atoms in total. The SMILES string of the molecule is CC1(C2NCCc3occc32)CC1. The molecule has 1 N–H and O–H groups in total. The predicted molar refractivity (Wildman–Crippen MR) is 50.5 cm³/mol. The quantitative estimate of drug-likeness (QED) is 0.711. The molecule has 13 heavy (non-hydrogen) atoms. The smallest absolute Gasteiger partial charge is 0.109 e. The molecule has 0 spiro atoms. The fraction of sp³-hybridized carbons (Fsp3) is 0.636. The van der Waals surface area contributed by atoms with E-state index in [9.17, 15) is 0 Å². The number of nitrogens with one attached hydrogen (secondary N) is 1. The standard InChI is InChI=1S/C11H15NO/c1-11(4-5-11)10-8-3-7-13-9(8)2-6-12-10/h3,7,10,12H,2,4-6H2,1H3. The van der Waals surface area contributed by atoms with E-state index in [0.29, 0.717) is 11.5 Å². The molecule has 0 saturated heterocycles. The molecule has 1 aromatic rings. The van der Waals surface area contributed by atoms with E-state index in [4.69, 9.17) is 4.42 Å². The van der Waals surface area contributed by atoms with Gasteiger partial charge in [0.1, 0.15) is 5.76 Å². The Labute approximate surface area is 78.3 Å². The molecule has 1 aliphatic carbocycles. The fourth-order valence-electron chi connectivity index (χ4n) is 2.36. The van der Waals surface area contributed by atoms with Crippen LogP contribution in [0.25, 0.3) is 0 Å². The van der Waals surface area contributed by atoms with Crippen molar-refractivity contribution in [2.75, 3.05) is 6.54 Å². The van der Waals surface area contributed by atoms with Gasteiger partial charge in [-0.1, -0.05) is 6.92 Å². The highest BCUT2D eigenvalue weighted by Gasteiger charge is 2.47. The number of hydrogen-bond acceptors (Lipinski definition) is 2. The van der Waals surface area contributed by atoms with Gasteiger partial charge in [0, 0.05) is 24.6 Å². The topological polar surface area (TPSA) is 25.2 Å². The van der Waals surface area contributed by atoms with Crippen LogP contribution < -0.4 is 5.32 Å². The van der Waals surface area contributed by atoms with Crippen LogP contribution in [0.3, 0.4) is 0 Å². The van der Waals surface area contributed by atoms with E-state index in [1.165, 1.54) is 24.2 Å². The van der Waals surface area contributed by atoms with Gasteiger partial charge in [0.05, 0.1) is 6.26 Å². The summed E-state index contributed by atoms with van der Waals surface area (Å²) in [6, 6.07) is 2.69. The number of rotatable bonds is 1. The molecule has 1 aromatic heterocycles. The highest BCUT2D eigenvalue weighted by atomic mass is 16.3. The monoisotopic (exact) mass is 177 g/mol. The van der Waals surface area contributed by atoms with Gasteiger partial charge in [-0.05, 0) is 24.3 Å². The minimum Gasteiger partial charge on any atom is -0.469 e. The zero-order valence-electron chi connectivity index (χ0n) is 7.97. The summed E-state index contributed by atoms with van der Waals surface area (Å²) in [5.41, 5.74) is 1.92. The van der Waals surface area contributed by atoms with Crippen LogP contribution in [0.1, 0.15) is 37.1 Å². The second-order valence-corrected chi connectivity index (χ2v) is 4.59. The maximum absolute atomic E-state index is 5.47. The van der Waals surface area contributed by atoms with Crippen molar-refractivity contribution in [1.29, 1.82) is 0 Å². The predicted octanol–water partition coefficient (Wildman–Crippen LogP) is 2.27. The van der Waals surface area contributed by atoms with Gasteiger partial charge in [-0.15, -0.1) is 0 Å². The molecule has 1 aliphatic heterocycles. The minimum atomic E-state index is 0.513. The van der Waals surface area contributed by atoms with Crippen LogP contribution in [-0.2, 0) is 6.42 Å². The van der Waals surface area contributed by atoms with Crippen LogP contribution in [0.2, 0.25) is 0 Å². The first kappa shape index (κ1) is 7.63. The van der Waals surface area contributed by atoms with Crippen LogP contribution in [0.4, 0.5) is 0 Å². The van der Waals surface area contributed by atoms with Crippen LogP contribution in [0.15, 0.2) is 16.7 Å². The highest BCUT2D eigenvalue weighted by molar-refractivity contribution is 5.28. The van der Waals surface area contributed by atoms with E-state index < -0.39 is 0 Å². The molecular weight excluding hydrogens is 162 g/mol. The Bertz CT molecular complexity index is 325. The van der Waals surface area contributed by atoms with Crippen LogP contribution in [0.5, 0.6) is 0 Å². The van der Waals surface area contributed by atoms with Crippen molar-refractivity contribution in [2.45, 2.75) is 32.2 Å². The normalized spacial score (nSPS) is 29.8. The molecule has 3 rings (SSSR count). The molecule has 1 atom stereocenters. The van der Waals surface area contributed by atoms with Gasteiger partial charge in [-0.2, -0.15) is 0 Å². The number of furan rings is 1. The second-order valence-electron chi connectivity index (χ2n) is 4.59. The van der Waals surface area contributed by atoms with E-state index in [-0.39, 0.29) is 0 Å². The summed E-state index contributed by atoms with van der Waals surface area (Å²) in [4.78, 5) is 0. The molecule has 0 amide bonds. The molecule has 2 heterocycles. The highest BCUT2D eigenvalue weighted by Crippen LogP contribution is 2.55. The molecule has 1 unspecified atom stereocenters. The molecular formula is C11H15NO. The second kappa shape index (κ2) is 2.38. The van der Waals surface area contributed by atoms with E-state index in [1.54, 1.807) is 0 Å². The molecule has 0 radical (unpaired) electrons. The molecule has 1 saturated carbocycles. The average molecular weight is 177 g/mol. The Morgan fingerprint density at radius 1 is 1.54 bits per heavy atom. The van der Waals surface area contributed by atoms with Gasteiger partial charge in [0.25, 0.3) is 0 Å². The van der Waals surface area contributed by atoms with Gasteiger partial charge >= 0.3 is 0 Å². The molecule has 2 aliphatic rings. The number of hydrogen-bond donors (Lipinski definition) is 1. The third-order valence-corrected chi connectivity index (χ3v) is 3.53. The van der Waals surface area contributed by atoms with Gasteiger partial charge in [0.15, 0.2) is 0 Å². The Balaban J connectivity index is 2.00. The third kappa shape index (κ3) is 1.05. The first-order valence-electron chi connectivity index (χ1n) is 5.09. The molecule has 0 bridgehead atoms. The summed E-state index contributed by atoms with van der Waals surface area (Å²) >= 11 is 0. The largest absolute Gasteiger partial charge is 0.469 e. The van der Waals surface area contributed by atoms with E-state index >= 15 is 0 Å². The molecule has 1 fully saturated rings. The average Bonchev–Trinajstić information content (AvgIpc) is 2.72. The maximum Gasteiger partial charge on any atom is 0.109 e. The minimum absolute atomic E-state index is 0.513. The summed E-state index contributed by atoms with van der Waals surface area (Å²) < 4.78 is 5.47. The molecule has 2 heteroatoms. The van der Waals surface area contributed by atoms with Gasteiger partial charge in [0.2, 0.25) is 0 Å². The van der Waals surface area contributed by atoms with E-state index in [1.807, 2.05) is 6.26 Å². The summed E-state index contributed by atoms with van der Waals surface area (Å²) in [5, 5.41) is 3.60. The van der Waals surface area contributed by atoms with Crippen molar-refractivity contribution in [3.63, 3.8) is 0 Å². The van der Waals surface area contributed by atoms with Gasteiger partial charge in [-0.3, -0.25) is 0 Å². The zero-order chi connectivity index (χ0) is 8.89. The summed E-state index contributed by atoms with van der Waals surface area (Å²) in [6.07, 6.45) is 5.59. The molecule has 0 aromatic carbocycles. The number of fused-ring (bicyclic) bond motifs is 1. The van der Waals surface area contributed by atoms with Crippen molar-refractivity contribution < 1.29 is 4.42 Å². The van der Waals surface area contributed by atoms with Gasteiger partial charge < -0.3 is 9.73 Å². The Morgan fingerprint density at radius 3 is 3.15 bits per heavy atom. The third-order valence-electron chi connectivity index (χ3n) is 3.53. The maximum atomic E-state index is 5.47. The van der Waals surface area contributed by atoms with E-state index in [0.717, 1.165) is 13.0 Å². The Hall–Kier alpha value is -0.760. The first-order valence-corrected chi connectivity index (χ1v) is 5.09. The summed E-state index contributed by atoms with van der Waals surface area (Å²) in [6.45, 7) is 3.44. The lowest BCUT2D eigenvalue weighted by atomic mass is 9.89. The zero-order valence-corrected chi connectivity index (χ0v) is 7.97. The summed E-state index contributed by atoms with van der Waals surface area (Å²) in [7, 11) is 0. The van der Waals surface area contributed by atoms with Crippen molar-refractivity contribution in [3.8, 4) is 0 Å². The summed E-state index contributed by atoms with van der Waals surface area (Å²) in [5.74, 6) is 1.21. The van der Waals surface area contributed by atoms with Crippen molar-refractivity contribution >= 4 is 0 Å². The lowest BCUT2D eigenvalue weighted by Gasteiger charge is -2.28. The lowest BCUT2D eigenvalue weighted by molar-refractivity contribution is 0.334. The first-order chi connectivity index (χ1) is 6.30. The van der Waals surface area contributed by atoms with Crippen LogP contribution >= 0.6 is 0 Å². The Morgan fingerprint density at radius 2 is 2.38 bits per heavy atom. The fourth-order valence-corrected chi connectivity index (χ4v) is 2.36. The van der Waals surface area contributed by atoms with Gasteiger partial charge in [-0.25, -0.2) is 0 Å². The van der Waals surface area contributed by atoms with Crippen LogP contribution in [0, 0.1) is 5.41 Å². The van der Waals surface area contributed by atoms with Crippen molar-refractivity contribution in [1.82, 2.24) is 5.32 Å². The Kier molecular flexibility index (Phi) is 1.40. The lowest BCUT2D eigenvalue weighted by Crippen LogP contribution is -2.33. The molecule has 70 valence electrons. The van der Waals surface area contributed by atoms with Crippen LogP contribution in [-0.4, -0.2) is 6.54 Å². The van der Waals surface area contributed by atoms with E-state index in [2.05, 4.69) is 18.3 Å². The van der Waals surface area contributed by atoms with Crippen molar-refractivity contribution in [2.24, 2.45) is 5.41 Å².